The first-order valence-electron chi connectivity index (χ1n) is 11.3. The van der Waals surface area contributed by atoms with E-state index in [1.165, 1.54) is 11.5 Å². The number of rotatable bonds is 7. The van der Waals surface area contributed by atoms with Gasteiger partial charge in [0.1, 0.15) is 6.10 Å². The van der Waals surface area contributed by atoms with E-state index in [1.807, 2.05) is 92.7 Å². The molecule has 0 bridgehead atoms. The van der Waals surface area contributed by atoms with Crippen LogP contribution in [0.5, 0.6) is 0 Å². The molecule has 0 saturated heterocycles. The maximum absolute atomic E-state index is 12.6. The molecule has 6 nitrogen and oxygen atoms in total. The number of carboxylic acid groups (broad SMARTS) is 1. The van der Waals surface area contributed by atoms with Crippen LogP contribution >= 0.6 is 11.5 Å². The first kappa shape index (κ1) is 24.2. The van der Waals surface area contributed by atoms with Crippen molar-refractivity contribution < 1.29 is 19.4 Å². The lowest BCUT2D eigenvalue weighted by molar-refractivity contribution is -0.138. The van der Waals surface area contributed by atoms with Gasteiger partial charge in [-0.25, -0.2) is 4.79 Å². The number of amides is 1. The van der Waals surface area contributed by atoms with Crippen molar-refractivity contribution in [1.29, 1.82) is 0 Å². The third kappa shape index (κ3) is 5.58. The molecule has 1 amide bonds. The SMILES string of the molecule is Cc1nsc(-c2ccc(-c3ccc([C@@H](C)C(=O)O)cc3)cc2)c1NC(=O)O[C@H](C)c1ccccc1. The van der Waals surface area contributed by atoms with Crippen molar-refractivity contribution in [3.05, 3.63) is 95.7 Å². The van der Waals surface area contributed by atoms with Crippen LogP contribution in [0.15, 0.2) is 78.9 Å². The van der Waals surface area contributed by atoms with Gasteiger partial charge in [-0.1, -0.05) is 78.9 Å². The monoisotopic (exact) mass is 486 g/mol. The minimum absolute atomic E-state index is 0.379. The fraction of sp³-hybridized carbons (Fsp3) is 0.179. The average Bonchev–Trinajstić information content (AvgIpc) is 3.23. The molecule has 1 heterocycles. The maximum Gasteiger partial charge on any atom is 0.412 e. The van der Waals surface area contributed by atoms with E-state index in [4.69, 9.17) is 4.74 Å². The third-order valence-corrected chi connectivity index (χ3v) is 6.89. The van der Waals surface area contributed by atoms with E-state index < -0.39 is 18.0 Å². The minimum atomic E-state index is -0.843. The molecule has 0 fully saturated rings. The van der Waals surface area contributed by atoms with Crippen molar-refractivity contribution in [1.82, 2.24) is 4.37 Å². The van der Waals surface area contributed by atoms with E-state index in [0.717, 1.165) is 38.4 Å². The van der Waals surface area contributed by atoms with Gasteiger partial charge >= 0.3 is 12.1 Å². The van der Waals surface area contributed by atoms with E-state index >= 15 is 0 Å². The van der Waals surface area contributed by atoms with E-state index in [9.17, 15) is 14.7 Å². The largest absolute Gasteiger partial charge is 0.481 e. The summed E-state index contributed by atoms with van der Waals surface area (Å²) in [7, 11) is 0. The number of anilines is 1. The Kier molecular flexibility index (Phi) is 7.27. The zero-order chi connectivity index (χ0) is 24.9. The second kappa shape index (κ2) is 10.5. The molecule has 0 unspecified atom stereocenters. The quantitative estimate of drug-likeness (QED) is 0.286. The molecule has 0 saturated carbocycles. The molecule has 7 heteroatoms. The summed E-state index contributed by atoms with van der Waals surface area (Å²) >= 11 is 1.32. The third-order valence-electron chi connectivity index (χ3n) is 5.90. The number of aromatic nitrogens is 1. The predicted molar refractivity (Wildman–Crippen MR) is 139 cm³/mol. The van der Waals surface area contributed by atoms with Crippen molar-refractivity contribution in [3.8, 4) is 21.6 Å². The second-order valence-corrected chi connectivity index (χ2v) is 9.09. The number of hydrogen-bond donors (Lipinski definition) is 2. The first-order chi connectivity index (χ1) is 16.8. The van der Waals surface area contributed by atoms with Crippen LogP contribution in [0.4, 0.5) is 10.5 Å². The van der Waals surface area contributed by atoms with Crippen molar-refractivity contribution in [2.24, 2.45) is 0 Å². The molecule has 0 aliphatic heterocycles. The predicted octanol–water partition coefficient (Wildman–Crippen LogP) is 7.28. The van der Waals surface area contributed by atoms with Crippen LogP contribution in [0.2, 0.25) is 0 Å². The van der Waals surface area contributed by atoms with E-state index in [2.05, 4.69) is 9.69 Å². The zero-order valence-corrected chi connectivity index (χ0v) is 20.5. The van der Waals surface area contributed by atoms with Crippen LogP contribution in [0, 0.1) is 6.92 Å². The molecular weight excluding hydrogens is 460 g/mol. The molecule has 0 spiro atoms. The molecule has 3 aromatic carbocycles. The number of carbonyl (C=O) groups excluding carboxylic acids is 1. The van der Waals surface area contributed by atoms with Gasteiger partial charge in [-0.2, -0.15) is 4.37 Å². The summed E-state index contributed by atoms with van der Waals surface area (Å²) in [6.45, 7) is 5.36. The Morgan fingerprint density at radius 2 is 1.43 bits per heavy atom. The van der Waals surface area contributed by atoms with Crippen LogP contribution in [0.3, 0.4) is 0 Å². The summed E-state index contributed by atoms with van der Waals surface area (Å²) in [5.41, 5.74) is 5.99. The number of carboxylic acids is 1. The topological polar surface area (TPSA) is 88.5 Å². The van der Waals surface area contributed by atoms with Gasteiger partial charge in [-0.15, -0.1) is 0 Å². The van der Waals surface area contributed by atoms with Gasteiger partial charge < -0.3 is 9.84 Å². The summed E-state index contributed by atoms with van der Waals surface area (Å²) in [4.78, 5) is 24.6. The van der Waals surface area contributed by atoms with E-state index in [0.29, 0.717) is 5.69 Å². The number of nitrogens with one attached hydrogen (secondary N) is 1. The fourth-order valence-electron chi connectivity index (χ4n) is 3.72. The summed E-state index contributed by atoms with van der Waals surface area (Å²) in [5.74, 6) is -1.39. The summed E-state index contributed by atoms with van der Waals surface area (Å²) in [5, 5.41) is 12.1. The second-order valence-electron chi connectivity index (χ2n) is 8.31. The molecule has 1 aromatic heterocycles. The molecule has 0 radical (unpaired) electrons. The van der Waals surface area contributed by atoms with E-state index in [-0.39, 0.29) is 6.10 Å². The lowest BCUT2D eigenvalue weighted by atomic mass is 9.97. The molecule has 2 atom stereocenters. The zero-order valence-electron chi connectivity index (χ0n) is 19.7. The minimum Gasteiger partial charge on any atom is -0.481 e. The molecule has 0 aliphatic carbocycles. The Morgan fingerprint density at radius 1 is 0.857 bits per heavy atom. The lowest BCUT2D eigenvalue weighted by Gasteiger charge is -2.15. The van der Waals surface area contributed by atoms with Crippen LogP contribution < -0.4 is 5.32 Å². The molecular formula is C28H26N2O4S. The fourth-order valence-corrected chi connectivity index (χ4v) is 4.57. The Labute approximate surface area is 208 Å². The molecule has 178 valence electrons. The molecule has 4 aromatic rings. The molecule has 4 rings (SSSR count). The summed E-state index contributed by atoms with van der Waals surface area (Å²) in [6.07, 6.45) is -0.908. The number of nitrogens with zero attached hydrogens (tertiary/aromatic N) is 1. The van der Waals surface area contributed by atoms with Crippen LogP contribution in [-0.2, 0) is 9.53 Å². The number of benzene rings is 3. The molecule has 2 N–H and O–H groups in total. The van der Waals surface area contributed by atoms with Crippen molar-refractivity contribution >= 4 is 29.3 Å². The standard InChI is InChI=1S/C28H26N2O4S/c1-17(27(31)32)20-9-11-22(12-10-20)23-13-15-24(16-14-23)26-25(18(2)30-35-26)29-28(33)34-19(3)21-7-5-4-6-8-21/h4-17,19H,1-3H3,(H,29,33)(H,31,32)/t17-,19-/m1/s1. The van der Waals surface area contributed by atoms with Gasteiger partial charge in [0, 0.05) is 0 Å². The van der Waals surface area contributed by atoms with Gasteiger partial charge in [0.15, 0.2) is 0 Å². The number of aliphatic carboxylic acids is 1. The van der Waals surface area contributed by atoms with Gasteiger partial charge in [0.05, 0.1) is 22.2 Å². The Morgan fingerprint density at radius 3 is 2.03 bits per heavy atom. The number of hydrogen-bond acceptors (Lipinski definition) is 5. The average molecular weight is 487 g/mol. The smallest absolute Gasteiger partial charge is 0.412 e. The Bertz CT molecular complexity index is 1320. The number of carbonyl (C=O) groups is 2. The van der Waals surface area contributed by atoms with Gasteiger partial charge in [0.2, 0.25) is 0 Å². The van der Waals surface area contributed by atoms with Gasteiger partial charge in [0.25, 0.3) is 0 Å². The summed E-state index contributed by atoms with van der Waals surface area (Å²) < 4.78 is 9.99. The Hall–Kier alpha value is -3.97. The number of ether oxygens (including phenoxy) is 1. The van der Waals surface area contributed by atoms with Crippen LogP contribution in [0.25, 0.3) is 21.6 Å². The highest BCUT2D eigenvalue weighted by atomic mass is 32.1. The van der Waals surface area contributed by atoms with E-state index in [1.54, 1.807) is 6.92 Å². The van der Waals surface area contributed by atoms with Gasteiger partial charge in [-0.3, -0.25) is 10.1 Å². The van der Waals surface area contributed by atoms with Crippen molar-refractivity contribution in [3.63, 3.8) is 0 Å². The molecule has 0 aliphatic rings. The highest BCUT2D eigenvalue weighted by Gasteiger charge is 2.18. The number of aryl methyl sites for hydroxylation is 1. The van der Waals surface area contributed by atoms with Crippen LogP contribution in [-0.4, -0.2) is 21.5 Å². The van der Waals surface area contributed by atoms with Crippen molar-refractivity contribution in [2.45, 2.75) is 32.8 Å². The highest BCUT2D eigenvalue weighted by molar-refractivity contribution is 7.10. The van der Waals surface area contributed by atoms with Crippen molar-refractivity contribution in [2.75, 3.05) is 5.32 Å². The Balaban J connectivity index is 1.48. The lowest BCUT2D eigenvalue weighted by Crippen LogP contribution is -2.16. The summed E-state index contributed by atoms with van der Waals surface area (Å²) in [6, 6.07) is 25.1. The molecule has 35 heavy (non-hydrogen) atoms. The normalized spacial score (nSPS) is 12.5. The first-order valence-corrected chi connectivity index (χ1v) is 12.0. The van der Waals surface area contributed by atoms with Gasteiger partial charge in [-0.05, 0) is 60.1 Å². The maximum atomic E-state index is 12.6. The van der Waals surface area contributed by atoms with Crippen LogP contribution in [0.1, 0.15) is 42.7 Å². The highest BCUT2D eigenvalue weighted by Crippen LogP contribution is 2.36.